The van der Waals surface area contributed by atoms with Crippen molar-refractivity contribution in [1.29, 1.82) is 0 Å². The van der Waals surface area contributed by atoms with Crippen LogP contribution >= 0.6 is 11.3 Å². The van der Waals surface area contributed by atoms with Gasteiger partial charge in [-0.1, -0.05) is 11.8 Å². The maximum atomic E-state index is 12.0. The van der Waals surface area contributed by atoms with Crippen LogP contribution in [0.25, 0.3) is 0 Å². The summed E-state index contributed by atoms with van der Waals surface area (Å²) in [7, 11) is 0. The van der Waals surface area contributed by atoms with Gasteiger partial charge in [0.25, 0.3) is 5.91 Å². The van der Waals surface area contributed by atoms with Gasteiger partial charge in [-0.2, -0.15) is 0 Å². The molecular weight excluding hydrogens is 272 g/mol. The van der Waals surface area contributed by atoms with Crippen molar-refractivity contribution in [2.24, 2.45) is 0 Å². The predicted octanol–water partition coefficient (Wildman–Crippen LogP) is 1.84. The number of rotatable bonds is 4. The second kappa shape index (κ2) is 6.94. The van der Waals surface area contributed by atoms with E-state index in [2.05, 4.69) is 17.2 Å². The third kappa shape index (κ3) is 3.50. The van der Waals surface area contributed by atoms with Gasteiger partial charge < -0.3 is 15.0 Å². The Hall–Kier alpha value is -2.03. The highest BCUT2D eigenvalue weighted by atomic mass is 32.1. The van der Waals surface area contributed by atoms with Crippen LogP contribution in [0.5, 0.6) is 0 Å². The summed E-state index contributed by atoms with van der Waals surface area (Å²) in [4.78, 5) is 13.1. The molecular formula is C15H16N2O2S. The van der Waals surface area contributed by atoms with Gasteiger partial charge in [-0.15, -0.1) is 11.3 Å². The van der Waals surface area contributed by atoms with Crippen LogP contribution in [0.3, 0.4) is 0 Å². The molecule has 0 saturated heterocycles. The fourth-order valence-electron chi connectivity index (χ4n) is 1.83. The van der Waals surface area contributed by atoms with Gasteiger partial charge in [-0.25, -0.2) is 0 Å². The van der Waals surface area contributed by atoms with Crippen LogP contribution in [0.4, 0.5) is 0 Å². The molecule has 104 valence electrons. The molecule has 1 amide bonds. The molecule has 2 N–H and O–H groups in total. The zero-order valence-corrected chi connectivity index (χ0v) is 12.0. The molecule has 0 saturated carbocycles. The Morgan fingerprint density at radius 2 is 2.40 bits per heavy atom. The van der Waals surface area contributed by atoms with Crippen LogP contribution in [-0.4, -0.2) is 22.2 Å². The molecule has 0 aliphatic carbocycles. The number of aromatic nitrogens is 1. The average Bonchev–Trinajstić information content (AvgIpc) is 3.11. The van der Waals surface area contributed by atoms with Gasteiger partial charge >= 0.3 is 0 Å². The highest BCUT2D eigenvalue weighted by molar-refractivity contribution is 7.10. The SMILES string of the molecule is CCn1cccc1C(=O)NCc1cc(C#CCO)cs1. The molecule has 0 aliphatic heterocycles. The maximum absolute atomic E-state index is 12.0. The Morgan fingerprint density at radius 3 is 3.15 bits per heavy atom. The quantitative estimate of drug-likeness (QED) is 0.844. The fourth-order valence-corrected chi connectivity index (χ4v) is 2.59. The molecule has 2 heterocycles. The highest BCUT2D eigenvalue weighted by Crippen LogP contribution is 2.13. The molecule has 0 unspecified atom stereocenters. The van der Waals surface area contributed by atoms with Crippen LogP contribution < -0.4 is 5.32 Å². The highest BCUT2D eigenvalue weighted by Gasteiger charge is 2.09. The van der Waals surface area contributed by atoms with Crippen LogP contribution in [0.15, 0.2) is 29.8 Å². The van der Waals surface area contributed by atoms with Crippen molar-refractivity contribution in [3.63, 3.8) is 0 Å². The van der Waals surface area contributed by atoms with Crippen molar-refractivity contribution in [2.75, 3.05) is 6.61 Å². The molecule has 0 spiro atoms. The van der Waals surface area contributed by atoms with E-state index in [9.17, 15) is 4.79 Å². The number of amides is 1. The third-order valence-corrected chi connectivity index (χ3v) is 3.73. The number of thiophene rings is 1. The van der Waals surface area contributed by atoms with Crippen LogP contribution in [0.2, 0.25) is 0 Å². The zero-order valence-electron chi connectivity index (χ0n) is 11.2. The second-order valence-corrected chi connectivity index (χ2v) is 5.12. The molecule has 0 bridgehead atoms. The predicted molar refractivity (Wildman–Crippen MR) is 79.6 cm³/mol. The van der Waals surface area contributed by atoms with E-state index in [1.165, 1.54) is 0 Å². The van der Waals surface area contributed by atoms with Gasteiger partial charge in [0.15, 0.2) is 0 Å². The number of hydrogen-bond acceptors (Lipinski definition) is 3. The Balaban J connectivity index is 1.95. The van der Waals surface area contributed by atoms with Crippen LogP contribution in [0, 0.1) is 11.8 Å². The molecule has 0 atom stereocenters. The molecule has 0 fully saturated rings. The number of carbonyl (C=O) groups is 1. The lowest BCUT2D eigenvalue weighted by molar-refractivity contribution is 0.0942. The number of aliphatic hydroxyl groups is 1. The first-order chi connectivity index (χ1) is 9.74. The maximum Gasteiger partial charge on any atom is 0.268 e. The van der Waals surface area contributed by atoms with E-state index in [1.54, 1.807) is 11.3 Å². The Morgan fingerprint density at radius 1 is 1.55 bits per heavy atom. The van der Waals surface area contributed by atoms with E-state index >= 15 is 0 Å². The third-order valence-electron chi connectivity index (χ3n) is 2.79. The van der Waals surface area contributed by atoms with E-state index in [0.29, 0.717) is 12.2 Å². The van der Waals surface area contributed by atoms with Crippen molar-refractivity contribution in [2.45, 2.75) is 20.0 Å². The molecule has 5 heteroatoms. The molecule has 0 radical (unpaired) electrons. The van der Waals surface area contributed by atoms with Gasteiger partial charge in [0, 0.05) is 28.6 Å². The average molecular weight is 288 g/mol. The zero-order chi connectivity index (χ0) is 14.4. The van der Waals surface area contributed by atoms with E-state index in [4.69, 9.17) is 5.11 Å². The number of carbonyl (C=O) groups excluding carboxylic acids is 1. The number of nitrogens with zero attached hydrogens (tertiary/aromatic N) is 1. The number of aryl methyl sites for hydroxylation is 1. The van der Waals surface area contributed by atoms with Crippen molar-refractivity contribution >= 4 is 17.2 Å². The largest absolute Gasteiger partial charge is 0.384 e. The van der Waals surface area contributed by atoms with Crippen LogP contribution in [-0.2, 0) is 13.1 Å². The topological polar surface area (TPSA) is 54.3 Å². The normalized spacial score (nSPS) is 9.90. The van der Waals surface area contributed by atoms with E-state index in [0.717, 1.165) is 17.0 Å². The van der Waals surface area contributed by atoms with E-state index in [-0.39, 0.29) is 12.5 Å². The Bertz CT molecular complexity index is 646. The molecule has 0 aromatic carbocycles. The van der Waals surface area contributed by atoms with Gasteiger partial charge in [0.05, 0.1) is 6.54 Å². The minimum Gasteiger partial charge on any atom is -0.384 e. The molecule has 0 aliphatic rings. The summed E-state index contributed by atoms with van der Waals surface area (Å²) in [5.41, 5.74) is 1.54. The summed E-state index contributed by atoms with van der Waals surface area (Å²) >= 11 is 1.54. The summed E-state index contributed by atoms with van der Waals surface area (Å²) in [6, 6.07) is 5.60. The number of nitrogens with one attached hydrogen (secondary N) is 1. The van der Waals surface area contributed by atoms with Gasteiger partial charge in [0.2, 0.25) is 0 Å². The lowest BCUT2D eigenvalue weighted by Crippen LogP contribution is -2.24. The first-order valence-electron chi connectivity index (χ1n) is 6.35. The summed E-state index contributed by atoms with van der Waals surface area (Å²) in [6.07, 6.45) is 1.89. The minimum atomic E-state index is -0.143. The van der Waals surface area contributed by atoms with Gasteiger partial charge in [-0.05, 0) is 25.1 Å². The van der Waals surface area contributed by atoms with Gasteiger partial charge in [0.1, 0.15) is 12.3 Å². The summed E-state index contributed by atoms with van der Waals surface area (Å²) in [5, 5.41) is 13.5. The second-order valence-electron chi connectivity index (χ2n) is 4.12. The standard InChI is InChI=1S/C15H16N2O2S/c1-2-17-7-3-6-14(17)15(19)16-10-13-9-12(11-20-13)5-4-8-18/h3,6-7,9,11,18H,2,8,10H2,1H3,(H,16,19). The summed E-state index contributed by atoms with van der Waals surface area (Å²) < 4.78 is 1.90. The summed E-state index contributed by atoms with van der Waals surface area (Å²) in [6.45, 7) is 3.12. The van der Waals surface area contributed by atoms with Crippen LogP contribution in [0.1, 0.15) is 27.9 Å². The number of aliphatic hydroxyl groups excluding tert-OH is 1. The lowest BCUT2D eigenvalue weighted by atomic mass is 10.3. The van der Waals surface area contributed by atoms with Gasteiger partial charge in [-0.3, -0.25) is 4.79 Å². The first kappa shape index (κ1) is 14.4. The molecule has 2 aromatic heterocycles. The Labute approximate surface area is 122 Å². The summed E-state index contributed by atoms with van der Waals surface area (Å²) in [5.74, 6) is 5.37. The smallest absolute Gasteiger partial charge is 0.268 e. The molecule has 2 aromatic rings. The molecule has 20 heavy (non-hydrogen) atoms. The number of hydrogen-bond donors (Lipinski definition) is 2. The molecule has 2 rings (SSSR count). The van der Waals surface area contributed by atoms with E-state index < -0.39 is 0 Å². The Kier molecular flexibility index (Phi) is 4.99. The van der Waals surface area contributed by atoms with E-state index in [1.807, 2.05) is 41.3 Å². The fraction of sp³-hybridized carbons (Fsp3) is 0.267. The van der Waals surface area contributed by atoms with Crippen molar-refractivity contribution in [1.82, 2.24) is 9.88 Å². The van der Waals surface area contributed by atoms with Crippen molar-refractivity contribution in [3.05, 3.63) is 45.9 Å². The van der Waals surface area contributed by atoms with Crippen molar-refractivity contribution in [3.8, 4) is 11.8 Å². The monoisotopic (exact) mass is 288 g/mol. The first-order valence-corrected chi connectivity index (χ1v) is 7.23. The minimum absolute atomic E-state index is 0.0757. The lowest BCUT2D eigenvalue weighted by Gasteiger charge is -2.06. The molecule has 4 nitrogen and oxygen atoms in total. The van der Waals surface area contributed by atoms with Crippen molar-refractivity contribution < 1.29 is 9.90 Å².